The van der Waals surface area contributed by atoms with Crippen LogP contribution in [0.3, 0.4) is 0 Å². The third-order valence-corrected chi connectivity index (χ3v) is 5.29. The summed E-state index contributed by atoms with van der Waals surface area (Å²) in [5.74, 6) is 2.09. The molecule has 0 atom stereocenters. The third kappa shape index (κ3) is 4.88. The average Bonchev–Trinajstić information content (AvgIpc) is 3.37. The van der Waals surface area contributed by atoms with Crippen molar-refractivity contribution in [2.45, 2.75) is 17.8 Å². The number of carbonyl (C=O) groups excluding carboxylic acids is 1. The second-order valence-corrected chi connectivity index (χ2v) is 7.69. The first-order valence-corrected chi connectivity index (χ1v) is 10.2. The molecule has 8 heteroatoms. The minimum atomic E-state index is -0.302. The first kappa shape index (κ1) is 19.3. The maximum atomic E-state index is 12.5. The fourth-order valence-electron chi connectivity index (χ4n) is 2.64. The van der Waals surface area contributed by atoms with E-state index in [1.807, 2.05) is 43.3 Å². The Morgan fingerprint density at radius 1 is 1.10 bits per heavy atom. The van der Waals surface area contributed by atoms with E-state index in [4.69, 9.17) is 16.0 Å². The van der Waals surface area contributed by atoms with Crippen LogP contribution in [0.25, 0.3) is 11.3 Å². The number of carbonyl (C=O) groups is 1. The predicted octanol–water partition coefficient (Wildman–Crippen LogP) is 5.57. The molecule has 0 saturated carbocycles. The highest BCUT2D eigenvalue weighted by atomic mass is 35.5. The van der Waals surface area contributed by atoms with E-state index in [1.165, 1.54) is 0 Å². The first-order valence-electron chi connectivity index (χ1n) is 8.85. The summed E-state index contributed by atoms with van der Waals surface area (Å²) >= 11 is 7.45. The van der Waals surface area contributed by atoms with Crippen LogP contribution in [0, 0.1) is 6.92 Å². The lowest BCUT2D eigenvalue weighted by molar-refractivity contribution is 0.0997. The number of H-pyrrole nitrogens is 1. The van der Waals surface area contributed by atoms with Gasteiger partial charge in [0.15, 0.2) is 5.76 Å². The number of nitrogens with one attached hydrogen (secondary N) is 2. The van der Waals surface area contributed by atoms with Crippen LogP contribution in [0.4, 0.5) is 5.69 Å². The lowest BCUT2D eigenvalue weighted by Gasteiger charge is -2.05. The van der Waals surface area contributed by atoms with Crippen molar-refractivity contribution in [2.24, 2.45) is 0 Å². The molecule has 0 radical (unpaired) electrons. The van der Waals surface area contributed by atoms with E-state index in [-0.39, 0.29) is 11.7 Å². The van der Waals surface area contributed by atoms with Crippen LogP contribution in [0.5, 0.6) is 0 Å². The molecular formula is C21H17ClN4O2S. The highest BCUT2D eigenvalue weighted by Crippen LogP contribution is 2.25. The smallest absolute Gasteiger partial charge is 0.291 e. The van der Waals surface area contributed by atoms with Gasteiger partial charge in [-0.15, -0.1) is 5.10 Å². The number of thioether (sulfide) groups is 1. The van der Waals surface area contributed by atoms with Crippen molar-refractivity contribution in [3.63, 3.8) is 0 Å². The summed E-state index contributed by atoms with van der Waals surface area (Å²) in [6, 6.07) is 18.3. The predicted molar refractivity (Wildman–Crippen MR) is 114 cm³/mol. The largest absolute Gasteiger partial charge is 0.451 e. The van der Waals surface area contributed by atoms with E-state index in [0.717, 1.165) is 22.7 Å². The number of hydrogen-bond acceptors (Lipinski definition) is 5. The zero-order valence-electron chi connectivity index (χ0n) is 15.5. The van der Waals surface area contributed by atoms with Crippen molar-refractivity contribution in [1.82, 2.24) is 15.2 Å². The van der Waals surface area contributed by atoms with Gasteiger partial charge in [0.25, 0.3) is 5.91 Å². The Morgan fingerprint density at radius 2 is 1.86 bits per heavy atom. The quantitative estimate of drug-likeness (QED) is 0.395. The van der Waals surface area contributed by atoms with Gasteiger partial charge in [-0.2, -0.15) is 0 Å². The van der Waals surface area contributed by atoms with Crippen LogP contribution in [0.15, 0.2) is 70.2 Å². The number of rotatable bonds is 6. The molecule has 0 bridgehead atoms. The minimum Gasteiger partial charge on any atom is -0.451 e. The lowest BCUT2D eigenvalue weighted by Crippen LogP contribution is -2.10. The number of hydrogen-bond donors (Lipinski definition) is 2. The summed E-state index contributed by atoms with van der Waals surface area (Å²) in [6.45, 7) is 1.87. The molecule has 29 heavy (non-hydrogen) atoms. The van der Waals surface area contributed by atoms with E-state index in [2.05, 4.69) is 20.5 Å². The molecule has 2 N–H and O–H groups in total. The van der Waals surface area contributed by atoms with Gasteiger partial charge in [0.2, 0.25) is 5.16 Å². The number of halogens is 1. The topological polar surface area (TPSA) is 83.8 Å². The molecule has 0 saturated heterocycles. The van der Waals surface area contributed by atoms with Gasteiger partial charge in [0, 0.05) is 22.0 Å². The van der Waals surface area contributed by atoms with Crippen LogP contribution in [0.2, 0.25) is 5.02 Å². The summed E-state index contributed by atoms with van der Waals surface area (Å²) in [7, 11) is 0. The molecule has 2 heterocycles. The van der Waals surface area contributed by atoms with Gasteiger partial charge in [-0.1, -0.05) is 35.5 Å². The van der Waals surface area contributed by atoms with Gasteiger partial charge < -0.3 is 9.73 Å². The van der Waals surface area contributed by atoms with Gasteiger partial charge in [-0.05, 0) is 61.0 Å². The fraction of sp³-hybridized carbons (Fsp3) is 0.0952. The molecule has 0 fully saturated rings. The van der Waals surface area contributed by atoms with E-state index in [0.29, 0.717) is 21.6 Å². The van der Waals surface area contributed by atoms with Crippen molar-refractivity contribution >= 4 is 35.0 Å². The molecule has 0 aliphatic carbocycles. The highest BCUT2D eigenvalue weighted by molar-refractivity contribution is 7.98. The second-order valence-electron chi connectivity index (χ2n) is 6.31. The number of nitrogens with zero attached hydrogens (tertiary/aromatic N) is 2. The highest BCUT2D eigenvalue weighted by Gasteiger charge is 2.13. The Kier molecular flexibility index (Phi) is 5.69. The molecule has 6 nitrogen and oxygen atoms in total. The van der Waals surface area contributed by atoms with Crippen LogP contribution in [-0.2, 0) is 5.75 Å². The Bertz CT molecular complexity index is 1120. The van der Waals surface area contributed by atoms with E-state index < -0.39 is 0 Å². The van der Waals surface area contributed by atoms with E-state index >= 15 is 0 Å². The molecule has 0 spiro atoms. The third-order valence-electron chi connectivity index (χ3n) is 4.11. The number of furan rings is 1. The van der Waals surface area contributed by atoms with Crippen molar-refractivity contribution in [3.8, 4) is 11.3 Å². The summed E-state index contributed by atoms with van der Waals surface area (Å²) < 4.78 is 5.68. The molecule has 2 aromatic heterocycles. The SMILES string of the molecule is Cc1nc(SCc2ccc(NC(=O)c3ccc(-c4ccc(Cl)cc4)o3)cc2)n[nH]1. The van der Waals surface area contributed by atoms with Crippen LogP contribution < -0.4 is 5.32 Å². The standard InChI is InChI=1S/C21H17ClN4O2S/c1-13-23-21(26-25-13)29-12-14-2-8-17(9-3-14)24-20(27)19-11-10-18(28-19)15-4-6-16(22)7-5-15/h2-11H,12H2,1H3,(H,24,27)(H,23,25,26). The number of aromatic nitrogens is 3. The van der Waals surface area contributed by atoms with Gasteiger partial charge in [-0.25, -0.2) is 4.98 Å². The van der Waals surface area contributed by atoms with Crippen molar-refractivity contribution in [3.05, 3.63) is 82.8 Å². The molecule has 0 unspecified atom stereocenters. The molecule has 2 aromatic carbocycles. The number of aryl methyl sites for hydroxylation is 1. The molecular weight excluding hydrogens is 408 g/mol. The van der Waals surface area contributed by atoms with Gasteiger partial charge in [0.1, 0.15) is 11.6 Å². The molecule has 0 aliphatic heterocycles. The van der Waals surface area contributed by atoms with E-state index in [9.17, 15) is 4.79 Å². The monoisotopic (exact) mass is 424 g/mol. The Labute approximate surface area is 176 Å². The van der Waals surface area contributed by atoms with Crippen LogP contribution >= 0.6 is 23.4 Å². The lowest BCUT2D eigenvalue weighted by atomic mass is 10.2. The molecule has 1 amide bonds. The fourth-order valence-corrected chi connectivity index (χ4v) is 3.57. The molecule has 146 valence electrons. The number of aromatic amines is 1. The number of anilines is 1. The molecule has 4 rings (SSSR count). The minimum absolute atomic E-state index is 0.245. The van der Waals surface area contributed by atoms with Gasteiger partial charge >= 0.3 is 0 Å². The number of amides is 1. The normalized spacial score (nSPS) is 10.8. The Hall–Kier alpha value is -3.03. The maximum Gasteiger partial charge on any atom is 0.291 e. The first-order chi connectivity index (χ1) is 14.1. The van der Waals surface area contributed by atoms with Crippen molar-refractivity contribution in [1.29, 1.82) is 0 Å². The zero-order chi connectivity index (χ0) is 20.2. The van der Waals surface area contributed by atoms with Crippen LogP contribution in [-0.4, -0.2) is 21.1 Å². The van der Waals surface area contributed by atoms with Crippen molar-refractivity contribution < 1.29 is 9.21 Å². The summed E-state index contributed by atoms with van der Waals surface area (Å²) in [6.07, 6.45) is 0. The zero-order valence-corrected chi connectivity index (χ0v) is 17.1. The second kappa shape index (κ2) is 8.55. The van der Waals surface area contributed by atoms with Gasteiger partial charge in [-0.3, -0.25) is 9.89 Å². The molecule has 4 aromatic rings. The average molecular weight is 425 g/mol. The summed E-state index contributed by atoms with van der Waals surface area (Å²) in [5, 5.41) is 11.1. The van der Waals surface area contributed by atoms with Gasteiger partial charge in [0.05, 0.1) is 0 Å². The summed E-state index contributed by atoms with van der Waals surface area (Å²) in [4.78, 5) is 16.7. The van der Waals surface area contributed by atoms with Crippen LogP contribution in [0.1, 0.15) is 21.9 Å². The Morgan fingerprint density at radius 3 is 2.55 bits per heavy atom. The number of benzene rings is 2. The Balaban J connectivity index is 1.36. The van der Waals surface area contributed by atoms with Crippen molar-refractivity contribution in [2.75, 3.05) is 5.32 Å². The van der Waals surface area contributed by atoms with E-state index in [1.54, 1.807) is 36.0 Å². The maximum absolute atomic E-state index is 12.5. The summed E-state index contributed by atoms with van der Waals surface area (Å²) in [5.41, 5.74) is 2.66. The molecule has 0 aliphatic rings.